The fourth-order valence-electron chi connectivity index (χ4n) is 2.73. The first-order valence-electron chi connectivity index (χ1n) is 9.21. The van der Waals surface area contributed by atoms with Gasteiger partial charge in [0.15, 0.2) is 0 Å². The van der Waals surface area contributed by atoms with Gasteiger partial charge in [-0.15, -0.1) is 0 Å². The highest BCUT2D eigenvalue weighted by Gasteiger charge is 2.16. The lowest BCUT2D eigenvalue weighted by Crippen LogP contribution is -2.15. The van der Waals surface area contributed by atoms with Gasteiger partial charge in [0, 0.05) is 16.9 Å². The molecule has 0 saturated carbocycles. The van der Waals surface area contributed by atoms with E-state index < -0.39 is 31.8 Å². The van der Waals surface area contributed by atoms with Crippen LogP contribution in [0, 0.1) is 12.7 Å². The molecule has 0 unspecified atom stereocenters. The van der Waals surface area contributed by atoms with Crippen molar-refractivity contribution in [3.8, 4) is 0 Å². The first kappa shape index (κ1) is 23.2. The van der Waals surface area contributed by atoms with E-state index in [1.165, 1.54) is 42.5 Å². The van der Waals surface area contributed by atoms with Crippen LogP contribution in [0.2, 0.25) is 0 Å². The average Bonchev–Trinajstić information content (AvgIpc) is 2.71. The molecule has 11 heteroatoms. The second kappa shape index (κ2) is 8.97. The third-order valence-electron chi connectivity index (χ3n) is 4.31. The van der Waals surface area contributed by atoms with E-state index in [0.29, 0.717) is 16.9 Å². The molecule has 0 spiro atoms. The second-order valence-electron chi connectivity index (χ2n) is 6.99. The lowest BCUT2D eigenvalue weighted by atomic mass is 10.1. The Hall–Kier alpha value is -3.44. The Labute approximate surface area is 185 Å². The number of hydrogen-bond donors (Lipinski definition) is 3. The van der Waals surface area contributed by atoms with Gasteiger partial charge in [-0.3, -0.25) is 14.2 Å². The fraction of sp³-hybridized carbons (Fsp3) is 0.0952. The number of aryl methyl sites for hydroxylation is 1. The van der Waals surface area contributed by atoms with Crippen molar-refractivity contribution >= 4 is 43.0 Å². The molecule has 8 nitrogen and oxygen atoms in total. The molecule has 0 bridgehead atoms. The summed E-state index contributed by atoms with van der Waals surface area (Å²) in [5.41, 5.74) is 1.77. The first-order valence-corrected chi connectivity index (χ1v) is 12.6. The molecule has 1 amide bonds. The van der Waals surface area contributed by atoms with Crippen LogP contribution in [0.5, 0.6) is 0 Å². The van der Waals surface area contributed by atoms with Crippen molar-refractivity contribution in [2.75, 3.05) is 21.0 Å². The number of sulfonamides is 2. The molecule has 32 heavy (non-hydrogen) atoms. The van der Waals surface area contributed by atoms with E-state index in [2.05, 4.69) is 14.8 Å². The number of benzene rings is 3. The van der Waals surface area contributed by atoms with Gasteiger partial charge in [-0.2, -0.15) is 0 Å². The van der Waals surface area contributed by atoms with Gasteiger partial charge in [-0.1, -0.05) is 6.07 Å². The van der Waals surface area contributed by atoms with Crippen molar-refractivity contribution in [3.05, 3.63) is 83.7 Å². The van der Waals surface area contributed by atoms with Crippen LogP contribution in [-0.2, 0) is 20.0 Å². The summed E-state index contributed by atoms with van der Waals surface area (Å²) >= 11 is 0. The van der Waals surface area contributed by atoms with Gasteiger partial charge in [0.2, 0.25) is 10.0 Å². The molecule has 0 radical (unpaired) electrons. The molecule has 168 valence electrons. The Morgan fingerprint density at radius 2 is 1.41 bits per heavy atom. The molecule has 0 atom stereocenters. The van der Waals surface area contributed by atoms with Crippen LogP contribution in [-0.4, -0.2) is 29.0 Å². The zero-order valence-corrected chi connectivity index (χ0v) is 18.7. The zero-order valence-electron chi connectivity index (χ0n) is 17.1. The Kier molecular flexibility index (Phi) is 6.51. The Balaban J connectivity index is 1.74. The Morgan fingerprint density at radius 3 is 2.00 bits per heavy atom. The molecule has 0 saturated heterocycles. The maximum Gasteiger partial charge on any atom is 0.261 e. The minimum Gasteiger partial charge on any atom is -0.322 e. The van der Waals surface area contributed by atoms with E-state index in [1.54, 1.807) is 19.1 Å². The third-order valence-corrected chi connectivity index (χ3v) is 6.30. The summed E-state index contributed by atoms with van der Waals surface area (Å²) in [6.45, 7) is 1.72. The minimum atomic E-state index is -3.92. The molecule has 0 aliphatic carbocycles. The molecule has 3 aromatic carbocycles. The normalized spacial score (nSPS) is 11.6. The van der Waals surface area contributed by atoms with Gasteiger partial charge in [0.25, 0.3) is 15.9 Å². The fourth-order valence-corrected chi connectivity index (χ4v) is 4.41. The zero-order chi connectivity index (χ0) is 23.5. The molecule has 0 aliphatic rings. The predicted octanol–water partition coefficient (Wildman–Crippen LogP) is 3.56. The summed E-state index contributed by atoms with van der Waals surface area (Å²) in [6, 6.07) is 14.8. The van der Waals surface area contributed by atoms with Crippen LogP contribution in [0.3, 0.4) is 0 Å². The monoisotopic (exact) mass is 477 g/mol. The van der Waals surface area contributed by atoms with Crippen molar-refractivity contribution < 1.29 is 26.0 Å². The standard InChI is InChI=1S/C21H20FN3O5S2/c1-14-3-8-18(13-20(14)25-31(2,27)28)23-21(26)15-4-11-19(12-5-15)32(29,30)24-17-9-6-16(22)7-10-17/h3-13,24-25H,1-2H3,(H,23,26). The third kappa shape index (κ3) is 6.05. The van der Waals surface area contributed by atoms with Gasteiger partial charge >= 0.3 is 0 Å². The molecular formula is C21H20FN3O5S2. The minimum absolute atomic E-state index is 0.0756. The summed E-state index contributed by atoms with van der Waals surface area (Å²) < 4.78 is 65.6. The van der Waals surface area contributed by atoms with Crippen LogP contribution in [0.25, 0.3) is 0 Å². The summed E-state index contributed by atoms with van der Waals surface area (Å²) in [4.78, 5) is 12.5. The molecule has 0 aromatic heterocycles. The largest absolute Gasteiger partial charge is 0.322 e. The van der Waals surface area contributed by atoms with Crippen molar-refractivity contribution in [1.29, 1.82) is 0 Å². The van der Waals surface area contributed by atoms with Crippen molar-refractivity contribution in [2.24, 2.45) is 0 Å². The van der Waals surface area contributed by atoms with Crippen molar-refractivity contribution in [3.63, 3.8) is 0 Å². The number of anilines is 3. The highest BCUT2D eigenvalue weighted by molar-refractivity contribution is 7.92. The lowest BCUT2D eigenvalue weighted by molar-refractivity contribution is 0.102. The van der Waals surface area contributed by atoms with Gasteiger partial charge in [0.1, 0.15) is 5.82 Å². The molecule has 3 aromatic rings. The van der Waals surface area contributed by atoms with E-state index in [0.717, 1.165) is 18.4 Å². The van der Waals surface area contributed by atoms with Crippen LogP contribution in [0.4, 0.5) is 21.5 Å². The predicted molar refractivity (Wildman–Crippen MR) is 121 cm³/mol. The molecule has 0 fully saturated rings. The van der Waals surface area contributed by atoms with Crippen LogP contribution < -0.4 is 14.8 Å². The summed E-state index contributed by atoms with van der Waals surface area (Å²) in [5.74, 6) is -0.995. The number of rotatable bonds is 7. The number of carbonyl (C=O) groups is 1. The molecule has 0 heterocycles. The van der Waals surface area contributed by atoms with E-state index >= 15 is 0 Å². The van der Waals surface area contributed by atoms with Gasteiger partial charge in [-0.25, -0.2) is 21.2 Å². The highest BCUT2D eigenvalue weighted by atomic mass is 32.2. The summed E-state index contributed by atoms with van der Waals surface area (Å²) in [5, 5.41) is 2.64. The number of nitrogens with one attached hydrogen (secondary N) is 3. The molecule has 0 aliphatic heterocycles. The van der Waals surface area contributed by atoms with E-state index in [1.807, 2.05) is 0 Å². The van der Waals surface area contributed by atoms with E-state index in [4.69, 9.17) is 0 Å². The number of amides is 1. The molecule has 3 N–H and O–H groups in total. The maximum absolute atomic E-state index is 13.0. The number of carbonyl (C=O) groups excluding carboxylic acids is 1. The number of halogens is 1. The van der Waals surface area contributed by atoms with Gasteiger partial charge in [-0.05, 0) is 73.2 Å². The van der Waals surface area contributed by atoms with E-state index in [9.17, 15) is 26.0 Å². The van der Waals surface area contributed by atoms with Gasteiger partial charge in [0.05, 0.1) is 16.8 Å². The van der Waals surface area contributed by atoms with Crippen LogP contribution in [0.1, 0.15) is 15.9 Å². The SMILES string of the molecule is Cc1ccc(NC(=O)c2ccc(S(=O)(=O)Nc3ccc(F)cc3)cc2)cc1NS(C)(=O)=O. The Morgan fingerprint density at radius 1 is 0.812 bits per heavy atom. The summed E-state index contributed by atoms with van der Waals surface area (Å²) in [6.07, 6.45) is 1.03. The van der Waals surface area contributed by atoms with Crippen molar-refractivity contribution in [2.45, 2.75) is 11.8 Å². The average molecular weight is 478 g/mol. The maximum atomic E-state index is 13.0. The topological polar surface area (TPSA) is 121 Å². The smallest absolute Gasteiger partial charge is 0.261 e. The second-order valence-corrected chi connectivity index (χ2v) is 10.4. The first-order chi connectivity index (χ1) is 14.9. The Bertz CT molecular complexity index is 1360. The number of hydrogen-bond acceptors (Lipinski definition) is 5. The van der Waals surface area contributed by atoms with E-state index in [-0.39, 0.29) is 16.1 Å². The quantitative estimate of drug-likeness (QED) is 0.480. The van der Waals surface area contributed by atoms with Crippen LogP contribution >= 0.6 is 0 Å². The summed E-state index contributed by atoms with van der Waals surface area (Å²) in [7, 11) is -7.41. The molecular weight excluding hydrogens is 457 g/mol. The van der Waals surface area contributed by atoms with Gasteiger partial charge < -0.3 is 5.32 Å². The highest BCUT2D eigenvalue weighted by Crippen LogP contribution is 2.22. The van der Waals surface area contributed by atoms with Crippen molar-refractivity contribution in [1.82, 2.24) is 0 Å². The molecule has 3 rings (SSSR count). The van der Waals surface area contributed by atoms with Crippen LogP contribution in [0.15, 0.2) is 71.6 Å². The lowest BCUT2D eigenvalue weighted by Gasteiger charge is -2.12.